The summed E-state index contributed by atoms with van der Waals surface area (Å²) in [7, 11) is -1.92. The predicted molar refractivity (Wildman–Crippen MR) is 93.9 cm³/mol. The Morgan fingerprint density at radius 3 is 2.88 bits per heavy atom. The summed E-state index contributed by atoms with van der Waals surface area (Å²) in [4.78, 5) is 11.9. The number of carbonyl (C=O) groups is 1. The van der Waals surface area contributed by atoms with Crippen LogP contribution in [0, 0.1) is 0 Å². The van der Waals surface area contributed by atoms with Crippen LogP contribution in [0.2, 0.25) is 0 Å². The lowest BCUT2D eigenvalue weighted by molar-refractivity contribution is -0.116. The molecule has 1 aliphatic carbocycles. The molecule has 1 saturated carbocycles. The van der Waals surface area contributed by atoms with Crippen LogP contribution in [-0.4, -0.2) is 42.4 Å². The van der Waals surface area contributed by atoms with Gasteiger partial charge >= 0.3 is 0 Å². The van der Waals surface area contributed by atoms with Crippen LogP contribution in [0.3, 0.4) is 0 Å². The Morgan fingerprint density at radius 2 is 2.21 bits per heavy atom. The van der Waals surface area contributed by atoms with Gasteiger partial charge in [-0.25, -0.2) is 12.7 Å². The maximum Gasteiger partial charge on any atom is 0.252 e. The van der Waals surface area contributed by atoms with Crippen molar-refractivity contribution < 1.29 is 13.2 Å². The van der Waals surface area contributed by atoms with E-state index in [2.05, 4.69) is 15.5 Å². The summed E-state index contributed by atoms with van der Waals surface area (Å²) in [6.07, 6.45) is 2.98. The molecule has 1 amide bonds. The molecule has 1 fully saturated rings. The molecule has 0 aliphatic heterocycles. The van der Waals surface area contributed by atoms with Crippen molar-refractivity contribution in [3.8, 4) is 0 Å². The Morgan fingerprint density at radius 1 is 1.42 bits per heavy atom. The predicted octanol–water partition coefficient (Wildman–Crippen LogP) is 2.52. The normalized spacial score (nSPS) is 14.9. The first-order valence-electron chi connectivity index (χ1n) is 7.60. The van der Waals surface area contributed by atoms with Crippen LogP contribution in [0.25, 0.3) is 0 Å². The largest absolute Gasteiger partial charge is 0.301 e. The highest BCUT2D eigenvalue weighted by molar-refractivity contribution is 7.91. The minimum absolute atomic E-state index is 0.171. The first kappa shape index (κ1) is 17.5. The van der Waals surface area contributed by atoms with Crippen LogP contribution in [0.1, 0.15) is 36.6 Å². The molecule has 1 aliphatic rings. The molecule has 2 aromatic heterocycles. The van der Waals surface area contributed by atoms with Gasteiger partial charge in [0, 0.05) is 25.9 Å². The highest BCUT2D eigenvalue weighted by Crippen LogP contribution is 2.42. The van der Waals surface area contributed by atoms with E-state index in [1.807, 2.05) is 0 Å². The molecule has 2 aromatic rings. The van der Waals surface area contributed by atoms with Gasteiger partial charge in [-0.15, -0.1) is 21.5 Å². The molecule has 0 spiro atoms. The highest BCUT2D eigenvalue weighted by Gasteiger charge is 2.27. The van der Waals surface area contributed by atoms with Gasteiger partial charge in [-0.1, -0.05) is 17.4 Å². The van der Waals surface area contributed by atoms with Gasteiger partial charge in [0.25, 0.3) is 10.0 Å². The average molecular weight is 387 g/mol. The molecule has 130 valence electrons. The smallest absolute Gasteiger partial charge is 0.252 e. The second kappa shape index (κ2) is 7.26. The Hall–Kier alpha value is -1.36. The zero-order chi connectivity index (χ0) is 17.2. The fourth-order valence-corrected chi connectivity index (χ4v) is 5.45. The van der Waals surface area contributed by atoms with Crippen LogP contribution < -0.4 is 5.32 Å². The highest BCUT2D eigenvalue weighted by atomic mass is 32.2. The van der Waals surface area contributed by atoms with Crippen molar-refractivity contribution >= 4 is 43.7 Å². The van der Waals surface area contributed by atoms with Gasteiger partial charge in [-0.2, -0.15) is 0 Å². The number of anilines is 1. The lowest BCUT2D eigenvalue weighted by Crippen LogP contribution is -2.28. The number of amides is 1. The minimum Gasteiger partial charge on any atom is -0.301 e. The summed E-state index contributed by atoms with van der Waals surface area (Å²) in [5.41, 5.74) is 0. The third-order valence-electron chi connectivity index (χ3n) is 3.65. The van der Waals surface area contributed by atoms with Crippen molar-refractivity contribution in [2.75, 3.05) is 18.9 Å². The molecule has 2 heterocycles. The molecule has 0 unspecified atom stereocenters. The third-order valence-corrected chi connectivity index (χ3v) is 7.88. The number of sulfonamides is 1. The summed E-state index contributed by atoms with van der Waals surface area (Å²) < 4.78 is 26.1. The van der Waals surface area contributed by atoms with E-state index < -0.39 is 10.0 Å². The van der Waals surface area contributed by atoms with Crippen LogP contribution in [0.5, 0.6) is 0 Å². The SMILES string of the molecule is CN(CCCC(=O)Nc1nnc(C2CC2)s1)S(=O)(=O)c1cccs1. The van der Waals surface area contributed by atoms with Gasteiger partial charge in [0.15, 0.2) is 0 Å². The van der Waals surface area contributed by atoms with Gasteiger partial charge in [-0.3, -0.25) is 4.79 Å². The van der Waals surface area contributed by atoms with E-state index in [1.54, 1.807) is 17.5 Å². The lowest BCUT2D eigenvalue weighted by atomic mass is 10.3. The molecule has 0 bridgehead atoms. The van der Waals surface area contributed by atoms with E-state index in [1.165, 1.54) is 34.0 Å². The topological polar surface area (TPSA) is 92.3 Å². The van der Waals surface area contributed by atoms with Crippen molar-refractivity contribution in [2.24, 2.45) is 0 Å². The van der Waals surface area contributed by atoms with Crippen molar-refractivity contribution in [1.29, 1.82) is 0 Å². The first-order chi connectivity index (χ1) is 11.5. The van der Waals surface area contributed by atoms with Gasteiger partial charge in [0.1, 0.15) is 9.22 Å². The monoisotopic (exact) mass is 386 g/mol. The second-order valence-electron chi connectivity index (χ2n) is 5.63. The number of hydrogen-bond donors (Lipinski definition) is 1. The number of hydrogen-bond acceptors (Lipinski definition) is 7. The summed E-state index contributed by atoms with van der Waals surface area (Å²) in [6.45, 7) is 0.289. The van der Waals surface area contributed by atoms with Gasteiger partial charge in [0.05, 0.1) is 0 Å². The fraction of sp³-hybridized carbons (Fsp3) is 0.500. The van der Waals surface area contributed by atoms with E-state index in [0.29, 0.717) is 21.7 Å². The molecule has 0 atom stereocenters. The fourth-order valence-electron chi connectivity index (χ4n) is 2.11. The van der Waals surface area contributed by atoms with E-state index in [-0.39, 0.29) is 18.9 Å². The van der Waals surface area contributed by atoms with Crippen LogP contribution in [-0.2, 0) is 14.8 Å². The third kappa shape index (κ3) is 4.18. The number of nitrogens with one attached hydrogen (secondary N) is 1. The molecular formula is C14H18N4O3S3. The van der Waals surface area contributed by atoms with E-state index >= 15 is 0 Å². The van der Waals surface area contributed by atoms with Crippen molar-refractivity contribution in [3.63, 3.8) is 0 Å². The van der Waals surface area contributed by atoms with E-state index in [0.717, 1.165) is 17.8 Å². The summed E-state index contributed by atoms with van der Waals surface area (Å²) in [5, 5.41) is 14.0. The maximum absolute atomic E-state index is 12.3. The van der Waals surface area contributed by atoms with Crippen molar-refractivity contribution in [1.82, 2.24) is 14.5 Å². The Balaban J connectivity index is 1.44. The Bertz CT molecular complexity index is 797. The summed E-state index contributed by atoms with van der Waals surface area (Å²) in [6, 6.07) is 3.28. The van der Waals surface area contributed by atoms with Gasteiger partial charge < -0.3 is 5.32 Å². The average Bonchev–Trinajstić information content (AvgIpc) is 3.04. The molecule has 0 radical (unpaired) electrons. The maximum atomic E-state index is 12.3. The molecular weight excluding hydrogens is 368 g/mol. The quantitative estimate of drug-likeness (QED) is 0.752. The standard InChI is InChI=1S/C14H18N4O3S3/c1-18(24(20,21)12-5-3-9-22-12)8-2-4-11(19)15-14-17-16-13(23-14)10-6-7-10/h3,5,9-10H,2,4,6-8H2,1H3,(H,15,17,19). The van der Waals surface area contributed by atoms with Crippen LogP contribution >= 0.6 is 22.7 Å². The van der Waals surface area contributed by atoms with Gasteiger partial charge in [0.2, 0.25) is 11.0 Å². The van der Waals surface area contributed by atoms with Crippen LogP contribution in [0.4, 0.5) is 5.13 Å². The molecule has 3 rings (SSSR count). The second-order valence-corrected chi connectivity index (χ2v) is 9.86. The molecule has 7 nitrogen and oxygen atoms in total. The van der Waals surface area contributed by atoms with Gasteiger partial charge in [-0.05, 0) is 30.7 Å². The number of rotatable bonds is 8. The molecule has 24 heavy (non-hydrogen) atoms. The first-order valence-corrected chi connectivity index (χ1v) is 10.7. The van der Waals surface area contributed by atoms with E-state index in [4.69, 9.17) is 0 Å². The van der Waals surface area contributed by atoms with Crippen molar-refractivity contribution in [2.45, 2.75) is 35.8 Å². The number of carbonyl (C=O) groups excluding carboxylic acids is 1. The van der Waals surface area contributed by atoms with Crippen LogP contribution in [0.15, 0.2) is 21.7 Å². The number of nitrogens with zero attached hydrogens (tertiary/aromatic N) is 3. The van der Waals surface area contributed by atoms with Crippen molar-refractivity contribution in [3.05, 3.63) is 22.5 Å². The molecule has 1 N–H and O–H groups in total. The zero-order valence-electron chi connectivity index (χ0n) is 13.1. The number of aromatic nitrogens is 2. The zero-order valence-corrected chi connectivity index (χ0v) is 15.6. The lowest BCUT2D eigenvalue weighted by Gasteiger charge is -2.15. The molecule has 10 heteroatoms. The number of thiophene rings is 1. The summed E-state index contributed by atoms with van der Waals surface area (Å²) in [5.74, 6) is 0.347. The Labute approximate surface area is 148 Å². The molecule has 0 aromatic carbocycles. The Kier molecular flexibility index (Phi) is 5.28. The summed E-state index contributed by atoms with van der Waals surface area (Å²) >= 11 is 2.60. The van der Waals surface area contributed by atoms with E-state index in [9.17, 15) is 13.2 Å². The molecule has 0 saturated heterocycles. The minimum atomic E-state index is -3.45.